The van der Waals surface area contributed by atoms with Crippen molar-refractivity contribution in [1.82, 2.24) is 0 Å². The number of hydrogen-bond acceptors (Lipinski definition) is 6. The predicted octanol–water partition coefficient (Wildman–Crippen LogP) is 7.73. The van der Waals surface area contributed by atoms with Crippen molar-refractivity contribution >= 4 is 66.4 Å². The number of rotatable bonds is 9. The molecule has 6 nitrogen and oxygen atoms in total. The number of hydrogen-bond donors (Lipinski definition) is 0. The molecule has 0 aliphatic rings. The number of nitrogens with zero attached hydrogens (tertiary/aromatic N) is 3. The highest BCUT2D eigenvalue weighted by Gasteiger charge is 2.23. The van der Waals surface area contributed by atoms with Crippen molar-refractivity contribution in [3.05, 3.63) is 75.2 Å². The Morgan fingerprint density at radius 3 is 2.33 bits per heavy atom. The molecule has 0 heterocycles. The molecule has 0 radical (unpaired) electrons. The Labute approximate surface area is 210 Å². The zero-order chi connectivity index (χ0) is 24.0. The van der Waals surface area contributed by atoms with Gasteiger partial charge in [-0.05, 0) is 65.3 Å². The van der Waals surface area contributed by atoms with Crippen LogP contribution in [0, 0.1) is 0 Å². The summed E-state index contributed by atoms with van der Waals surface area (Å²) in [5.41, 5.74) is 1.62. The normalized spacial score (nSPS) is 11.7. The molecule has 0 fully saturated rings. The number of anilines is 1. The number of benzene rings is 3. The average molecular weight is 575 g/mol. The molecular formula is C22H19BrCl2FN3O3S. The molecule has 0 aliphatic carbocycles. The van der Waals surface area contributed by atoms with Gasteiger partial charge in [-0.3, -0.25) is 0 Å². The van der Waals surface area contributed by atoms with Crippen LogP contribution in [0.3, 0.4) is 0 Å². The molecule has 0 saturated carbocycles. The fourth-order valence-corrected chi connectivity index (χ4v) is 4.98. The van der Waals surface area contributed by atoms with Crippen LogP contribution in [-0.2, 0) is 10.2 Å². The van der Waals surface area contributed by atoms with E-state index in [0.717, 1.165) is 24.0 Å². The molecule has 0 aliphatic heterocycles. The summed E-state index contributed by atoms with van der Waals surface area (Å²) in [7, 11) is -5.03. The van der Waals surface area contributed by atoms with E-state index < -0.39 is 15.1 Å². The lowest BCUT2D eigenvalue weighted by Gasteiger charge is -2.23. The first-order chi connectivity index (χ1) is 15.7. The van der Waals surface area contributed by atoms with Crippen LogP contribution in [0.2, 0.25) is 10.0 Å². The maximum Gasteiger partial charge on any atom is 0.333 e. The first-order valence-corrected chi connectivity index (χ1v) is 12.7. The Bertz CT molecular complexity index is 1240. The molecule has 0 aromatic heterocycles. The first kappa shape index (κ1) is 25.4. The van der Waals surface area contributed by atoms with Gasteiger partial charge < -0.3 is 9.64 Å². The van der Waals surface area contributed by atoms with Gasteiger partial charge in [0.25, 0.3) is 0 Å². The standard InChI is InChI=1S/C22H19BrCl2FN3O3S/c1-2-29(12-13-32-17-6-4-3-5-7-17)16-10-8-15(9-11-16)27-28-22-18(24)14-19(33(26,30)31)21(25)20(22)23/h3-11,14H,2,12-13H2,1H3. The van der Waals surface area contributed by atoms with E-state index >= 15 is 0 Å². The Morgan fingerprint density at radius 1 is 1.06 bits per heavy atom. The van der Waals surface area contributed by atoms with Gasteiger partial charge in [-0.1, -0.05) is 41.4 Å². The number of para-hydroxylation sites is 1. The highest BCUT2D eigenvalue weighted by molar-refractivity contribution is 9.10. The van der Waals surface area contributed by atoms with Crippen LogP contribution in [0.1, 0.15) is 6.92 Å². The van der Waals surface area contributed by atoms with Gasteiger partial charge in [0, 0.05) is 12.2 Å². The van der Waals surface area contributed by atoms with Crippen molar-refractivity contribution in [1.29, 1.82) is 0 Å². The third-order valence-corrected chi connectivity index (χ3v) is 7.24. The second kappa shape index (κ2) is 11.3. The van der Waals surface area contributed by atoms with Crippen LogP contribution >= 0.6 is 39.1 Å². The van der Waals surface area contributed by atoms with Gasteiger partial charge in [-0.15, -0.1) is 9.00 Å². The van der Waals surface area contributed by atoms with Gasteiger partial charge in [0.1, 0.15) is 22.9 Å². The van der Waals surface area contributed by atoms with Crippen molar-refractivity contribution in [3.8, 4) is 5.75 Å². The summed E-state index contributed by atoms with van der Waals surface area (Å²) in [6.45, 7) is 4.10. The molecule has 0 unspecified atom stereocenters. The Kier molecular flexibility index (Phi) is 8.69. The third-order valence-electron chi connectivity index (χ3n) is 4.60. The summed E-state index contributed by atoms with van der Waals surface area (Å²) in [6, 6.07) is 17.9. The molecule has 3 rings (SSSR count). The van der Waals surface area contributed by atoms with E-state index in [4.69, 9.17) is 27.9 Å². The van der Waals surface area contributed by atoms with Crippen LogP contribution in [0.4, 0.5) is 20.9 Å². The number of likely N-dealkylation sites (N-methyl/N-ethyl adjacent to an activating group) is 1. The molecule has 0 spiro atoms. The van der Waals surface area contributed by atoms with Crippen LogP contribution < -0.4 is 9.64 Å². The van der Waals surface area contributed by atoms with Crippen molar-refractivity contribution in [2.45, 2.75) is 11.8 Å². The van der Waals surface area contributed by atoms with Crippen LogP contribution in [-0.4, -0.2) is 28.1 Å². The van der Waals surface area contributed by atoms with E-state index in [1.165, 1.54) is 0 Å². The monoisotopic (exact) mass is 573 g/mol. The van der Waals surface area contributed by atoms with Gasteiger partial charge in [-0.2, -0.15) is 13.5 Å². The second-order valence-electron chi connectivity index (χ2n) is 6.73. The maximum atomic E-state index is 13.4. The quantitative estimate of drug-likeness (QED) is 0.149. The molecular weight excluding hydrogens is 556 g/mol. The van der Waals surface area contributed by atoms with E-state index in [-0.39, 0.29) is 20.2 Å². The highest BCUT2D eigenvalue weighted by Crippen LogP contribution is 2.43. The van der Waals surface area contributed by atoms with E-state index in [1.54, 1.807) is 12.1 Å². The van der Waals surface area contributed by atoms with E-state index in [9.17, 15) is 12.3 Å². The van der Waals surface area contributed by atoms with Gasteiger partial charge >= 0.3 is 10.2 Å². The third kappa shape index (κ3) is 6.66. The van der Waals surface area contributed by atoms with Crippen molar-refractivity contribution in [2.75, 3.05) is 24.6 Å². The zero-order valence-electron chi connectivity index (χ0n) is 17.4. The smallest absolute Gasteiger partial charge is 0.333 e. The minimum atomic E-state index is -5.03. The summed E-state index contributed by atoms with van der Waals surface area (Å²) >= 11 is 15.1. The van der Waals surface area contributed by atoms with Crippen LogP contribution in [0.25, 0.3) is 0 Å². The van der Waals surface area contributed by atoms with Crippen LogP contribution in [0.5, 0.6) is 5.75 Å². The Hall–Kier alpha value is -2.20. The number of ether oxygens (including phenoxy) is 1. The molecule has 174 valence electrons. The number of azo groups is 1. The number of halogens is 4. The molecule has 3 aromatic carbocycles. The SMILES string of the molecule is CCN(CCOc1ccccc1)c1ccc(N=Nc2c(Cl)cc(S(=O)(=O)F)c(Cl)c2Br)cc1. The lowest BCUT2D eigenvalue weighted by Crippen LogP contribution is -2.27. The molecule has 0 amide bonds. The lowest BCUT2D eigenvalue weighted by molar-refractivity contribution is 0.324. The van der Waals surface area contributed by atoms with Crippen molar-refractivity contribution < 1.29 is 17.0 Å². The Balaban J connectivity index is 1.70. The van der Waals surface area contributed by atoms with Gasteiger partial charge in [0.05, 0.1) is 26.8 Å². The largest absolute Gasteiger partial charge is 0.492 e. The summed E-state index contributed by atoms with van der Waals surface area (Å²) < 4.78 is 41.6. The van der Waals surface area contributed by atoms with Crippen LogP contribution in [0.15, 0.2) is 80.3 Å². The molecule has 0 atom stereocenters. The summed E-state index contributed by atoms with van der Waals surface area (Å²) in [6.07, 6.45) is 0. The maximum absolute atomic E-state index is 13.4. The van der Waals surface area contributed by atoms with E-state index in [0.29, 0.717) is 18.8 Å². The van der Waals surface area contributed by atoms with E-state index in [2.05, 4.69) is 38.0 Å². The predicted molar refractivity (Wildman–Crippen MR) is 133 cm³/mol. The zero-order valence-corrected chi connectivity index (χ0v) is 21.3. The molecule has 33 heavy (non-hydrogen) atoms. The molecule has 0 bridgehead atoms. The molecule has 0 N–H and O–H groups in total. The summed E-state index contributed by atoms with van der Waals surface area (Å²) in [5, 5.41) is 7.70. The second-order valence-corrected chi connectivity index (χ2v) is 9.62. The fourth-order valence-electron chi connectivity index (χ4n) is 2.93. The molecule has 3 aromatic rings. The minimum Gasteiger partial charge on any atom is -0.492 e. The summed E-state index contributed by atoms with van der Waals surface area (Å²) in [4.78, 5) is 1.42. The van der Waals surface area contributed by atoms with Gasteiger partial charge in [0.2, 0.25) is 0 Å². The van der Waals surface area contributed by atoms with Crippen molar-refractivity contribution in [2.24, 2.45) is 10.2 Å². The topological polar surface area (TPSA) is 71.3 Å². The molecule has 0 saturated heterocycles. The van der Waals surface area contributed by atoms with Gasteiger partial charge in [-0.25, -0.2) is 0 Å². The van der Waals surface area contributed by atoms with Crippen molar-refractivity contribution in [3.63, 3.8) is 0 Å². The fraction of sp³-hybridized carbons (Fsp3) is 0.182. The minimum absolute atomic E-state index is 0.0313. The first-order valence-electron chi connectivity index (χ1n) is 9.77. The highest BCUT2D eigenvalue weighted by atomic mass is 79.9. The Morgan fingerprint density at radius 2 is 1.73 bits per heavy atom. The van der Waals surface area contributed by atoms with Gasteiger partial charge in [0.15, 0.2) is 0 Å². The van der Waals surface area contributed by atoms with E-state index in [1.807, 2.05) is 42.5 Å². The summed E-state index contributed by atoms with van der Waals surface area (Å²) in [5.74, 6) is 0.825. The average Bonchev–Trinajstić information content (AvgIpc) is 2.79. The lowest BCUT2D eigenvalue weighted by atomic mass is 10.2. The molecule has 11 heteroatoms.